The van der Waals surface area contributed by atoms with E-state index in [1.54, 1.807) is 6.92 Å². The summed E-state index contributed by atoms with van der Waals surface area (Å²) in [6.07, 6.45) is 0.119. The van der Waals surface area contributed by atoms with Crippen molar-refractivity contribution in [3.63, 3.8) is 0 Å². The molecule has 1 amide bonds. The summed E-state index contributed by atoms with van der Waals surface area (Å²) in [7, 11) is 0. The van der Waals surface area contributed by atoms with E-state index in [1.807, 2.05) is 13.8 Å². The molecule has 4 nitrogen and oxygen atoms in total. The zero-order valence-electron chi connectivity index (χ0n) is 13.0. The SMILES string of the molecule is CCC(CC)NC(=O)C(C)Oc1ccc(F)cc1[C@@H](C)O. The number of carbonyl (C=O) groups is 1. The molecule has 1 aromatic rings. The maximum Gasteiger partial charge on any atom is 0.260 e. The van der Waals surface area contributed by atoms with Crippen LogP contribution in [0.25, 0.3) is 0 Å². The van der Waals surface area contributed by atoms with Crippen LogP contribution in [0.4, 0.5) is 4.39 Å². The normalized spacial score (nSPS) is 13.9. The average Bonchev–Trinajstić information content (AvgIpc) is 2.45. The minimum absolute atomic E-state index is 0.119. The van der Waals surface area contributed by atoms with Gasteiger partial charge in [0.15, 0.2) is 6.10 Å². The lowest BCUT2D eigenvalue weighted by Crippen LogP contribution is -2.42. The van der Waals surface area contributed by atoms with Gasteiger partial charge < -0.3 is 15.2 Å². The number of ether oxygens (including phenoxy) is 1. The standard InChI is InChI=1S/C16H24FNO3/c1-5-13(6-2)18-16(20)11(4)21-15-8-7-12(17)9-14(15)10(3)19/h7-11,13,19H,5-6H2,1-4H3,(H,18,20)/t10-,11?/m1/s1. The number of aliphatic hydroxyl groups excluding tert-OH is 1. The molecular formula is C16H24FNO3. The third kappa shape index (κ3) is 5.01. The van der Waals surface area contributed by atoms with Gasteiger partial charge in [-0.25, -0.2) is 4.39 Å². The number of nitrogens with one attached hydrogen (secondary N) is 1. The van der Waals surface area contributed by atoms with Gasteiger partial charge in [-0.15, -0.1) is 0 Å². The molecule has 5 heteroatoms. The van der Waals surface area contributed by atoms with Gasteiger partial charge in [0.05, 0.1) is 6.10 Å². The number of rotatable bonds is 7. The van der Waals surface area contributed by atoms with Crippen molar-refractivity contribution in [2.45, 2.75) is 58.8 Å². The third-order valence-corrected chi connectivity index (χ3v) is 3.43. The Kier molecular flexibility index (Phi) is 6.62. The van der Waals surface area contributed by atoms with Crippen LogP contribution in [0.5, 0.6) is 5.75 Å². The molecule has 0 aliphatic carbocycles. The minimum Gasteiger partial charge on any atom is -0.481 e. The van der Waals surface area contributed by atoms with E-state index in [4.69, 9.17) is 4.74 Å². The predicted molar refractivity (Wildman–Crippen MR) is 79.6 cm³/mol. The summed E-state index contributed by atoms with van der Waals surface area (Å²) in [5.41, 5.74) is 0.331. The van der Waals surface area contributed by atoms with Gasteiger partial charge in [-0.3, -0.25) is 4.79 Å². The molecule has 2 atom stereocenters. The van der Waals surface area contributed by atoms with Crippen molar-refractivity contribution in [1.82, 2.24) is 5.32 Å². The lowest BCUT2D eigenvalue weighted by atomic mass is 10.1. The molecule has 21 heavy (non-hydrogen) atoms. The highest BCUT2D eigenvalue weighted by Gasteiger charge is 2.20. The van der Waals surface area contributed by atoms with Gasteiger partial charge in [0.1, 0.15) is 11.6 Å². The van der Waals surface area contributed by atoms with Crippen LogP contribution in [0, 0.1) is 5.82 Å². The monoisotopic (exact) mass is 297 g/mol. The van der Waals surface area contributed by atoms with Gasteiger partial charge >= 0.3 is 0 Å². The molecule has 118 valence electrons. The smallest absolute Gasteiger partial charge is 0.260 e. The van der Waals surface area contributed by atoms with Gasteiger partial charge in [-0.2, -0.15) is 0 Å². The van der Waals surface area contributed by atoms with E-state index in [1.165, 1.54) is 25.1 Å². The molecule has 0 saturated heterocycles. The van der Waals surface area contributed by atoms with Gasteiger partial charge in [-0.05, 0) is 44.9 Å². The Bertz CT molecular complexity index is 473. The molecule has 0 saturated carbocycles. The summed E-state index contributed by atoms with van der Waals surface area (Å²) in [5.74, 6) is -0.351. The molecule has 0 aliphatic rings. The number of amides is 1. The maximum atomic E-state index is 13.2. The number of hydrogen-bond donors (Lipinski definition) is 2. The predicted octanol–water partition coefficient (Wildman–Crippen LogP) is 2.95. The highest BCUT2D eigenvalue weighted by Crippen LogP contribution is 2.26. The fourth-order valence-corrected chi connectivity index (χ4v) is 2.01. The fourth-order valence-electron chi connectivity index (χ4n) is 2.01. The summed E-state index contributed by atoms with van der Waals surface area (Å²) in [6.45, 7) is 7.17. The Morgan fingerprint density at radius 1 is 1.33 bits per heavy atom. The summed E-state index contributed by atoms with van der Waals surface area (Å²) in [6, 6.07) is 4.00. The van der Waals surface area contributed by atoms with Crippen molar-refractivity contribution in [2.24, 2.45) is 0 Å². The molecule has 0 heterocycles. The van der Waals surface area contributed by atoms with Gasteiger partial charge in [0, 0.05) is 11.6 Å². The van der Waals surface area contributed by atoms with Crippen molar-refractivity contribution in [2.75, 3.05) is 0 Å². The Balaban J connectivity index is 2.78. The zero-order chi connectivity index (χ0) is 16.0. The van der Waals surface area contributed by atoms with Gasteiger partial charge in [0.2, 0.25) is 0 Å². The van der Waals surface area contributed by atoms with Gasteiger partial charge in [-0.1, -0.05) is 13.8 Å². The summed E-state index contributed by atoms with van der Waals surface area (Å²) in [4.78, 5) is 12.1. The van der Waals surface area contributed by atoms with Crippen LogP contribution in [0.1, 0.15) is 52.2 Å². The van der Waals surface area contributed by atoms with Crippen LogP contribution in [0.3, 0.4) is 0 Å². The second-order valence-electron chi connectivity index (χ2n) is 5.14. The second kappa shape index (κ2) is 7.98. The Morgan fingerprint density at radius 2 is 1.95 bits per heavy atom. The molecule has 1 unspecified atom stereocenters. The van der Waals surface area contributed by atoms with E-state index in [-0.39, 0.29) is 11.9 Å². The van der Waals surface area contributed by atoms with E-state index in [0.29, 0.717) is 11.3 Å². The highest BCUT2D eigenvalue weighted by atomic mass is 19.1. The van der Waals surface area contributed by atoms with Crippen molar-refractivity contribution in [1.29, 1.82) is 0 Å². The summed E-state index contributed by atoms with van der Waals surface area (Å²) >= 11 is 0. The minimum atomic E-state index is -0.870. The van der Waals surface area contributed by atoms with E-state index in [2.05, 4.69) is 5.32 Å². The van der Waals surface area contributed by atoms with E-state index < -0.39 is 18.0 Å². The lowest BCUT2D eigenvalue weighted by Gasteiger charge is -2.21. The number of hydrogen-bond acceptors (Lipinski definition) is 3. The molecule has 0 aliphatic heterocycles. The van der Waals surface area contributed by atoms with Crippen molar-refractivity contribution in [3.8, 4) is 5.75 Å². The average molecular weight is 297 g/mol. The molecule has 0 radical (unpaired) electrons. The van der Waals surface area contributed by atoms with Gasteiger partial charge in [0.25, 0.3) is 5.91 Å². The molecule has 0 aromatic heterocycles. The van der Waals surface area contributed by atoms with E-state index >= 15 is 0 Å². The topological polar surface area (TPSA) is 58.6 Å². The summed E-state index contributed by atoms with van der Waals surface area (Å²) < 4.78 is 18.8. The first-order valence-corrected chi connectivity index (χ1v) is 7.33. The first kappa shape index (κ1) is 17.4. The quantitative estimate of drug-likeness (QED) is 0.813. The molecule has 1 aromatic carbocycles. The molecule has 2 N–H and O–H groups in total. The van der Waals surface area contributed by atoms with E-state index in [0.717, 1.165) is 12.8 Å². The molecule has 0 bridgehead atoms. The first-order valence-electron chi connectivity index (χ1n) is 7.33. The third-order valence-electron chi connectivity index (χ3n) is 3.43. The highest BCUT2D eigenvalue weighted by molar-refractivity contribution is 5.81. The Labute approximate surface area is 125 Å². The van der Waals surface area contributed by atoms with Crippen molar-refractivity contribution >= 4 is 5.91 Å². The zero-order valence-corrected chi connectivity index (χ0v) is 13.0. The Hall–Kier alpha value is -1.62. The van der Waals surface area contributed by atoms with Crippen LogP contribution in [-0.2, 0) is 4.79 Å². The van der Waals surface area contributed by atoms with Crippen molar-refractivity contribution < 1.29 is 19.0 Å². The van der Waals surface area contributed by atoms with Crippen LogP contribution in [0.15, 0.2) is 18.2 Å². The van der Waals surface area contributed by atoms with Crippen molar-refractivity contribution in [3.05, 3.63) is 29.6 Å². The second-order valence-corrected chi connectivity index (χ2v) is 5.14. The lowest BCUT2D eigenvalue weighted by molar-refractivity contribution is -0.128. The maximum absolute atomic E-state index is 13.2. The van der Waals surface area contributed by atoms with Crippen LogP contribution < -0.4 is 10.1 Å². The fraction of sp³-hybridized carbons (Fsp3) is 0.562. The number of carbonyl (C=O) groups excluding carboxylic acids is 1. The number of benzene rings is 1. The molecule has 1 rings (SSSR count). The molecule has 0 spiro atoms. The van der Waals surface area contributed by atoms with E-state index in [9.17, 15) is 14.3 Å². The first-order chi connectivity index (χ1) is 9.88. The van der Waals surface area contributed by atoms with Crippen LogP contribution in [0.2, 0.25) is 0 Å². The van der Waals surface area contributed by atoms with Crippen LogP contribution in [-0.4, -0.2) is 23.2 Å². The van der Waals surface area contributed by atoms with Crippen LogP contribution >= 0.6 is 0 Å². The molecule has 0 fully saturated rings. The largest absolute Gasteiger partial charge is 0.481 e. The molecular weight excluding hydrogens is 273 g/mol. The Morgan fingerprint density at radius 3 is 2.48 bits per heavy atom. The summed E-state index contributed by atoms with van der Waals surface area (Å²) in [5, 5.41) is 12.6. The number of aliphatic hydroxyl groups is 1. The number of halogens is 1.